The Balaban J connectivity index is 2.19. The second kappa shape index (κ2) is 7.61. The highest BCUT2D eigenvalue weighted by Gasteiger charge is 2.10. The highest BCUT2D eigenvalue weighted by atomic mass is 15.1. The Morgan fingerprint density at radius 1 is 1.13 bits per heavy atom. The first-order chi connectivity index (χ1) is 7.33. The summed E-state index contributed by atoms with van der Waals surface area (Å²) in [5.74, 6) is 1.02. The van der Waals surface area contributed by atoms with Gasteiger partial charge in [-0.15, -0.1) is 0 Å². The van der Waals surface area contributed by atoms with Gasteiger partial charge >= 0.3 is 0 Å². The molecule has 0 spiro atoms. The minimum absolute atomic E-state index is 0.655. The molecule has 1 aliphatic carbocycles. The molecule has 0 heterocycles. The lowest BCUT2D eigenvalue weighted by Crippen LogP contribution is -2.35. The zero-order chi connectivity index (χ0) is 10.9. The Labute approximate surface area is 94.5 Å². The van der Waals surface area contributed by atoms with Crippen molar-refractivity contribution >= 4 is 0 Å². The molecule has 0 aliphatic heterocycles. The van der Waals surface area contributed by atoms with Crippen molar-refractivity contribution < 1.29 is 0 Å². The van der Waals surface area contributed by atoms with Crippen LogP contribution < -0.4 is 10.6 Å². The molecule has 1 rings (SSSR count). The van der Waals surface area contributed by atoms with E-state index in [1.807, 2.05) is 0 Å². The van der Waals surface area contributed by atoms with E-state index in [1.54, 1.807) is 0 Å². The second-order valence-electron chi connectivity index (χ2n) is 4.59. The minimum Gasteiger partial charge on any atom is -0.372 e. The summed E-state index contributed by atoms with van der Waals surface area (Å²) in [6.07, 6.45) is 10.8. The minimum atomic E-state index is 0.655. The molecule has 15 heavy (non-hydrogen) atoms. The SMILES string of the molecule is C=C(NCCC)NC1CCCCCCC1. The molecule has 0 aromatic carbocycles. The van der Waals surface area contributed by atoms with Crippen molar-refractivity contribution in [3.8, 4) is 0 Å². The van der Waals surface area contributed by atoms with E-state index in [4.69, 9.17) is 0 Å². The monoisotopic (exact) mass is 210 g/mol. The summed E-state index contributed by atoms with van der Waals surface area (Å²) in [5.41, 5.74) is 0. The average Bonchev–Trinajstić information content (AvgIpc) is 2.19. The summed E-state index contributed by atoms with van der Waals surface area (Å²) in [6, 6.07) is 0.655. The van der Waals surface area contributed by atoms with Gasteiger partial charge in [-0.25, -0.2) is 0 Å². The summed E-state index contributed by atoms with van der Waals surface area (Å²) in [4.78, 5) is 0. The summed E-state index contributed by atoms with van der Waals surface area (Å²) >= 11 is 0. The van der Waals surface area contributed by atoms with Crippen LogP contribution in [0.3, 0.4) is 0 Å². The van der Waals surface area contributed by atoms with Crippen LogP contribution >= 0.6 is 0 Å². The van der Waals surface area contributed by atoms with Crippen LogP contribution in [0.2, 0.25) is 0 Å². The van der Waals surface area contributed by atoms with Crippen LogP contribution in [-0.4, -0.2) is 12.6 Å². The Morgan fingerprint density at radius 2 is 1.73 bits per heavy atom. The molecule has 0 atom stereocenters. The molecule has 0 amide bonds. The van der Waals surface area contributed by atoms with Crippen LogP contribution in [0.4, 0.5) is 0 Å². The van der Waals surface area contributed by atoms with E-state index in [0.717, 1.165) is 18.8 Å². The maximum Gasteiger partial charge on any atom is 0.0914 e. The number of rotatable bonds is 5. The molecule has 2 N–H and O–H groups in total. The zero-order valence-electron chi connectivity index (χ0n) is 10.1. The lowest BCUT2D eigenvalue weighted by Gasteiger charge is -2.23. The van der Waals surface area contributed by atoms with Gasteiger partial charge in [0.1, 0.15) is 0 Å². The molecule has 0 unspecified atom stereocenters. The fourth-order valence-electron chi connectivity index (χ4n) is 2.17. The van der Waals surface area contributed by atoms with E-state index >= 15 is 0 Å². The smallest absolute Gasteiger partial charge is 0.0914 e. The van der Waals surface area contributed by atoms with E-state index in [1.165, 1.54) is 44.9 Å². The molecule has 0 bridgehead atoms. The van der Waals surface area contributed by atoms with Crippen LogP contribution in [0.15, 0.2) is 12.4 Å². The van der Waals surface area contributed by atoms with Crippen molar-refractivity contribution in [2.75, 3.05) is 6.54 Å². The first-order valence-corrected chi connectivity index (χ1v) is 6.52. The lowest BCUT2D eigenvalue weighted by atomic mass is 9.97. The van der Waals surface area contributed by atoms with Gasteiger partial charge in [0.15, 0.2) is 0 Å². The average molecular weight is 210 g/mol. The molecule has 2 nitrogen and oxygen atoms in total. The van der Waals surface area contributed by atoms with E-state index in [-0.39, 0.29) is 0 Å². The largest absolute Gasteiger partial charge is 0.372 e. The Kier molecular flexibility index (Phi) is 6.29. The summed E-state index contributed by atoms with van der Waals surface area (Å²) in [6.45, 7) is 7.22. The van der Waals surface area contributed by atoms with Crippen LogP contribution in [0.25, 0.3) is 0 Å². The molecule has 1 aliphatic rings. The summed E-state index contributed by atoms with van der Waals surface area (Å²) in [5, 5.41) is 6.83. The van der Waals surface area contributed by atoms with Gasteiger partial charge in [0.05, 0.1) is 5.82 Å². The first-order valence-electron chi connectivity index (χ1n) is 6.52. The molecule has 0 aromatic heterocycles. The van der Waals surface area contributed by atoms with E-state index < -0.39 is 0 Å². The van der Waals surface area contributed by atoms with Gasteiger partial charge in [-0.05, 0) is 19.3 Å². The molecular weight excluding hydrogens is 184 g/mol. The standard InChI is InChI=1S/C13H26N2/c1-3-11-14-12(2)15-13-9-7-5-4-6-8-10-13/h13-15H,2-11H2,1H3. The maximum absolute atomic E-state index is 4.02. The molecule has 2 heteroatoms. The maximum atomic E-state index is 4.02. The first kappa shape index (κ1) is 12.4. The van der Waals surface area contributed by atoms with Gasteiger partial charge in [-0.2, -0.15) is 0 Å². The van der Waals surface area contributed by atoms with Gasteiger partial charge in [0, 0.05) is 12.6 Å². The van der Waals surface area contributed by atoms with Crippen molar-refractivity contribution in [3.05, 3.63) is 12.4 Å². The van der Waals surface area contributed by atoms with Gasteiger partial charge in [-0.1, -0.05) is 45.6 Å². The highest BCUT2D eigenvalue weighted by Crippen LogP contribution is 2.17. The number of hydrogen-bond donors (Lipinski definition) is 2. The third-order valence-electron chi connectivity index (χ3n) is 3.07. The quantitative estimate of drug-likeness (QED) is 0.728. The van der Waals surface area contributed by atoms with Crippen LogP contribution in [-0.2, 0) is 0 Å². The predicted molar refractivity (Wildman–Crippen MR) is 66.7 cm³/mol. The van der Waals surface area contributed by atoms with Gasteiger partial charge in [0.25, 0.3) is 0 Å². The van der Waals surface area contributed by atoms with Gasteiger partial charge in [0.2, 0.25) is 0 Å². The summed E-state index contributed by atoms with van der Waals surface area (Å²) in [7, 11) is 0. The van der Waals surface area contributed by atoms with E-state index in [0.29, 0.717) is 6.04 Å². The molecular formula is C13H26N2. The molecule has 0 saturated heterocycles. The van der Waals surface area contributed by atoms with Crippen LogP contribution in [0, 0.1) is 0 Å². The molecule has 1 saturated carbocycles. The normalized spacial score (nSPS) is 19.0. The molecule has 0 aromatic rings. The fraction of sp³-hybridized carbons (Fsp3) is 0.846. The number of hydrogen-bond acceptors (Lipinski definition) is 2. The Morgan fingerprint density at radius 3 is 2.33 bits per heavy atom. The summed E-state index contributed by atoms with van der Waals surface area (Å²) < 4.78 is 0. The molecule has 0 radical (unpaired) electrons. The Hall–Kier alpha value is -0.660. The van der Waals surface area contributed by atoms with Crippen molar-refractivity contribution in [2.45, 2.75) is 64.3 Å². The van der Waals surface area contributed by atoms with Gasteiger partial charge in [-0.3, -0.25) is 0 Å². The third kappa shape index (κ3) is 5.71. The van der Waals surface area contributed by atoms with Crippen molar-refractivity contribution in [3.63, 3.8) is 0 Å². The lowest BCUT2D eigenvalue weighted by molar-refractivity contribution is 0.405. The van der Waals surface area contributed by atoms with E-state index in [2.05, 4.69) is 24.1 Å². The van der Waals surface area contributed by atoms with Gasteiger partial charge < -0.3 is 10.6 Å². The van der Waals surface area contributed by atoms with Crippen molar-refractivity contribution in [1.29, 1.82) is 0 Å². The van der Waals surface area contributed by atoms with Crippen LogP contribution in [0.5, 0.6) is 0 Å². The highest BCUT2D eigenvalue weighted by molar-refractivity contribution is 4.91. The molecule has 1 fully saturated rings. The third-order valence-corrected chi connectivity index (χ3v) is 3.07. The van der Waals surface area contributed by atoms with E-state index in [9.17, 15) is 0 Å². The van der Waals surface area contributed by atoms with Crippen molar-refractivity contribution in [2.24, 2.45) is 0 Å². The van der Waals surface area contributed by atoms with Crippen molar-refractivity contribution in [1.82, 2.24) is 10.6 Å². The topological polar surface area (TPSA) is 24.1 Å². The van der Waals surface area contributed by atoms with Crippen LogP contribution in [0.1, 0.15) is 58.3 Å². The molecule has 88 valence electrons. The fourth-order valence-corrected chi connectivity index (χ4v) is 2.17. The predicted octanol–water partition coefficient (Wildman–Crippen LogP) is 3.16. The zero-order valence-corrected chi connectivity index (χ0v) is 10.1. The number of nitrogens with one attached hydrogen (secondary N) is 2. The Bertz CT molecular complexity index is 169. The second-order valence-corrected chi connectivity index (χ2v) is 4.59.